The zero-order chi connectivity index (χ0) is 16.6. The Morgan fingerprint density at radius 2 is 2.17 bits per heavy atom. The molecule has 23 heavy (non-hydrogen) atoms. The number of nitrogens with two attached hydrogens (primary N) is 1. The molecule has 1 amide bonds. The second-order valence-electron chi connectivity index (χ2n) is 6.79. The van der Waals surface area contributed by atoms with Crippen molar-refractivity contribution in [1.82, 2.24) is 15.5 Å². The summed E-state index contributed by atoms with van der Waals surface area (Å²) < 4.78 is 5.40. The van der Waals surface area contributed by atoms with Gasteiger partial charge in [-0.3, -0.25) is 4.79 Å². The van der Waals surface area contributed by atoms with E-state index in [1.54, 1.807) is 0 Å². The quantitative estimate of drug-likeness (QED) is 0.854. The van der Waals surface area contributed by atoms with Gasteiger partial charge < -0.3 is 15.6 Å². The van der Waals surface area contributed by atoms with Crippen LogP contribution in [0, 0.1) is 0 Å². The second kappa shape index (κ2) is 6.28. The predicted octanol–water partition coefficient (Wildman–Crippen LogP) is 2.69. The predicted molar refractivity (Wildman–Crippen MR) is 88.5 cm³/mol. The van der Waals surface area contributed by atoms with Crippen molar-refractivity contribution in [3.63, 3.8) is 0 Å². The summed E-state index contributed by atoms with van der Waals surface area (Å²) in [6.07, 6.45) is 2.99. The molecule has 0 spiro atoms. The molecule has 0 saturated heterocycles. The number of hydrogen-bond donors (Lipinski definition) is 2. The first-order valence-electron chi connectivity index (χ1n) is 8.31. The highest BCUT2D eigenvalue weighted by Gasteiger charge is 2.29. The lowest BCUT2D eigenvalue weighted by molar-refractivity contribution is 0.0954. The Hall–Kier alpha value is -1.95. The largest absolute Gasteiger partial charge is 0.352 e. The first-order chi connectivity index (χ1) is 11.0. The van der Waals surface area contributed by atoms with Gasteiger partial charge in [0.25, 0.3) is 11.6 Å². The summed E-state index contributed by atoms with van der Waals surface area (Å²) in [7, 11) is 0. The zero-order valence-corrected chi connectivity index (χ0v) is 13.9. The number of nitrogens with one attached hydrogen (secondary N) is 1. The van der Waals surface area contributed by atoms with Crippen molar-refractivity contribution in [2.45, 2.75) is 57.9 Å². The van der Waals surface area contributed by atoms with Crippen molar-refractivity contribution in [1.29, 1.82) is 0 Å². The maximum absolute atomic E-state index is 12.7. The SMILES string of the molecule is CC(N)CCNC(=O)c1cc(C2CC2)nc2onc(C(C)C)c12. The highest BCUT2D eigenvalue weighted by Crippen LogP contribution is 2.41. The van der Waals surface area contributed by atoms with Crippen LogP contribution in [0.2, 0.25) is 0 Å². The number of fused-ring (bicyclic) bond motifs is 1. The average molecular weight is 316 g/mol. The Labute approximate surface area is 135 Å². The molecule has 0 aromatic carbocycles. The maximum atomic E-state index is 12.7. The number of nitrogens with zero attached hydrogens (tertiary/aromatic N) is 2. The van der Waals surface area contributed by atoms with Gasteiger partial charge in [0.2, 0.25) is 0 Å². The fourth-order valence-corrected chi connectivity index (χ4v) is 2.66. The molecule has 1 aliphatic carbocycles. The molecule has 3 N–H and O–H groups in total. The minimum Gasteiger partial charge on any atom is -0.352 e. The fraction of sp³-hybridized carbons (Fsp3) is 0.588. The number of pyridine rings is 1. The van der Waals surface area contributed by atoms with Crippen LogP contribution in [0.25, 0.3) is 11.1 Å². The van der Waals surface area contributed by atoms with Crippen LogP contribution in [-0.4, -0.2) is 28.6 Å². The van der Waals surface area contributed by atoms with E-state index in [2.05, 4.69) is 15.5 Å². The molecule has 1 atom stereocenters. The smallest absolute Gasteiger partial charge is 0.259 e. The molecule has 1 aliphatic rings. The number of hydrogen-bond acceptors (Lipinski definition) is 5. The van der Waals surface area contributed by atoms with Crippen LogP contribution in [0.15, 0.2) is 10.6 Å². The lowest BCUT2D eigenvalue weighted by atomic mass is 10.0. The van der Waals surface area contributed by atoms with Crippen molar-refractivity contribution >= 4 is 17.0 Å². The van der Waals surface area contributed by atoms with Crippen molar-refractivity contribution in [2.24, 2.45) is 5.73 Å². The Kier molecular flexibility index (Phi) is 4.35. The lowest BCUT2D eigenvalue weighted by Crippen LogP contribution is -2.29. The first kappa shape index (κ1) is 15.9. The van der Waals surface area contributed by atoms with E-state index >= 15 is 0 Å². The van der Waals surface area contributed by atoms with Crippen molar-refractivity contribution in [3.8, 4) is 0 Å². The highest BCUT2D eigenvalue weighted by atomic mass is 16.5. The molecule has 3 rings (SSSR count). The van der Waals surface area contributed by atoms with Gasteiger partial charge in [-0.1, -0.05) is 19.0 Å². The molecular weight excluding hydrogens is 292 g/mol. The van der Waals surface area contributed by atoms with E-state index in [1.165, 1.54) is 0 Å². The van der Waals surface area contributed by atoms with Gasteiger partial charge in [-0.2, -0.15) is 0 Å². The van der Waals surface area contributed by atoms with Crippen LogP contribution >= 0.6 is 0 Å². The minimum atomic E-state index is -0.106. The third kappa shape index (κ3) is 3.37. The minimum absolute atomic E-state index is 0.0663. The fourth-order valence-electron chi connectivity index (χ4n) is 2.66. The van der Waals surface area contributed by atoms with E-state index in [9.17, 15) is 4.79 Å². The number of carbonyl (C=O) groups excluding carboxylic acids is 1. The van der Waals surface area contributed by atoms with Crippen molar-refractivity contribution in [2.75, 3.05) is 6.54 Å². The van der Waals surface area contributed by atoms with Gasteiger partial charge in [0.15, 0.2) is 0 Å². The van der Waals surface area contributed by atoms with E-state index < -0.39 is 0 Å². The standard InChI is InChI=1S/C17H24N4O2/c1-9(2)15-14-12(16(22)19-7-6-10(3)18)8-13(11-4-5-11)20-17(14)23-21-15/h8-11H,4-7,18H2,1-3H3,(H,19,22). The Morgan fingerprint density at radius 3 is 2.78 bits per heavy atom. The van der Waals surface area contributed by atoms with Crippen LogP contribution in [0.4, 0.5) is 0 Å². The van der Waals surface area contributed by atoms with Crippen LogP contribution in [0.1, 0.15) is 73.6 Å². The third-order valence-corrected chi connectivity index (χ3v) is 4.17. The van der Waals surface area contributed by atoms with Crippen molar-refractivity contribution in [3.05, 3.63) is 23.0 Å². The molecule has 2 aromatic rings. The van der Waals surface area contributed by atoms with Crippen molar-refractivity contribution < 1.29 is 9.32 Å². The Bertz CT molecular complexity index is 717. The first-order valence-corrected chi connectivity index (χ1v) is 8.31. The molecule has 0 bridgehead atoms. The molecule has 1 unspecified atom stereocenters. The summed E-state index contributed by atoms with van der Waals surface area (Å²) in [5, 5.41) is 7.82. The Balaban J connectivity index is 1.97. The van der Waals surface area contributed by atoms with Gasteiger partial charge in [0, 0.05) is 24.2 Å². The van der Waals surface area contributed by atoms with E-state index in [0.29, 0.717) is 23.7 Å². The van der Waals surface area contributed by atoms with Gasteiger partial charge in [-0.25, -0.2) is 4.98 Å². The van der Waals surface area contributed by atoms with Crippen LogP contribution in [0.5, 0.6) is 0 Å². The monoisotopic (exact) mass is 316 g/mol. The molecule has 124 valence electrons. The molecule has 0 radical (unpaired) electrons. The van der Waals surface area contributed by atoms with Crippen LogP contribution in [0.3, 0.4) is 0 Å². The summed E-state index contributed by atoms with van der Waals surface area (Å²) in [6, 6.07) is 1.97. The lowest BCUT2D eigenvalue weighted by Gasteiger charge is -2.10. The molecule has 2 heterocycles. The normalized spacial score (nSPS) is 16.0. The summed E-state index contributed by atoms with van der Waals surface area (Å²) in [5.41, 5.74) is 8.54. The number of carbonyl (C=O) groups is 1. The second-order valence-corrected chi connectivity index (χ2v) is 6.79. The Morgan fingerprint density at radius 1 is 1.43 bits per heavy atom. The van der Waals surface area contributed by atoms with E-state index in [-0.39, 0.29) is 17.9 Å². The van der Waals surface area contributed by atoms with Gasteiger partial charge in [-0.05, 0) is 38.2 Å². The molecule has 1 saturated carbocycles. The van der Waals surface area contributed by atoms with Gasteiger partial charge in [-0.15, -0.1) is 0 Å². The number of aromatic nitrogens is 2. The average Bonchev–Trinajstić information content (AvgIpc) is 3.24. The molecule has 1 fully saturated rings. The topological polar surface area (TPSA) is 94.0 Å². The molecule has 0 aliphatic heterocycles. The van der Waals surface area contributed by atoms with Crippen LogP contribution < -0.4 is 11.1 Å². The van der Waals surface area contributed by atoms with Gasteiger partial charge >= 0.3 is 0 Å². The summed E-state index contributed by atoms with van der Waals surface area (Å²) in [4.78, 5) is 17.2. The number of rotatable bonds is 6. The maximum Gasteiger partial charge on any atom is 0.259 e. The highest BCUT2D eigenvalue weighted by molar-refractivity contribution is 6.06. The summed E-state index contributed by atoms with van der Waals surface area (Å²) in [6.45, 7) is 6.55. The summed E-state index contributed by atoms with van der Waals surface area (Å²) in [5.74, 6) is 0.508. The third-order valence-electron chi connectivity index (χ3n) is 4.17. The summed E-state index contributed by atoms with van der Waals surface area (Å²) >= 11 is 0. The van der Waals surface area contributed by atoms with Gasteiger partial charge in [0.1, 0.15) is 0 Å². The molecule has 6 heteroatoms. The molecule has 6 nitrogen and oxygen atoms in total. The zero-order valence-electron chi connectivity index (χ0n) is 13.9. The van der Waals surface area contributed by atoms with E-state index in [1.807, 2.05) is 26.8 Å². The van der Waals surface area contributed by atoms with Gasteiger partial charge in [0.05, 0.1) is 16.6 Å². The number of amides is 1. The van der Waals surface area contributed by atoms with Crippen LogP contribution in [-0.2, 0) is 0 Å². The van der Waals surface area contributed by atoms with E-state index in [0.717, 1.165) is 36.0 Å². The van der Waals surface area contributed by atoms with E-state index in [4.69, 9.17) is 10.3 Å². The molecular formula is C17H24N4O2. The molecule has 2 aromatic heterocycles.